The normalized spacial score (nSPS) is 14.8. The molecule has 1 aliphatic heterocycles. The quantitative estimate of drug-likeness (QED) is 0.735. The Morgan fingerprint density at radius 1 is 1.00 bits per heavy atom. The molecule has 3 aromatic heterocycles. The van der Waals surface area contributed by atoms with Crippen molar-refractivity contribution in [3.63, 3.8) is 0 Å². The SMILES string of the molecule is O=C(c1ccco1)N1CCN(c2cc(-n3cccc3)ncn2)CC1. The van der Waals surface area contributed by atoms with E-state index in [0.717, 1.165) is 24.7 Å². The lowest BCUT2D eigenvalue weighted by Crippen LogP contribution is -2.49. The minimum absolute atomic E-state index is 0.0598. The van der Waals surface area contributed by atoms with E-state index < -0.39 is 0 Å². The molecule has 0 bridgehead atoms. The van der Waals surface area contributed by atoms with Crippen molar-refractivity contribution in [1.82, 2.24) is 19.4 Å². The summed E-state index contributed by atoms with van der Waals surface area (Å²) in [6.07, 6.45) is 7.00. The minimum Gasteiger partial charge on any atom is -0.459 e. The summed E-state index contributed by atoms with van der Waals surface area (Å²) in [7, 11) is 0. The van der Waals surface area contributed by atoms with Gasteiger partial charge in [0.25, 0.3) is 5.91 Å². The number of hydrogen-bond donors (Lipinski definition) is 0. The summed E-state index contributed by atoms with van der Waals surface area (Å²) >= 11 is 0. The molecule has 4 heterocycles. The van der Waals surface area contributed by atoms with Crippen LogP contribution in [0.2, 0.25) is 0 Å². The highest BCUT2D eigenvalue weighted by Gasteiger charge is 2.24. The summed E-state index contributed by atoms with van der Waals surface area (Å²) in [4.78, 5) is 24.9. The number of carbonyl (C=O) groups is 1. The highest BCUT2D eigenvalue weighted by atomic mass is 16.3. The minimum atomic E-state index is -0.0598. The van der Waals surface area contributed by atoms with Crippen LogP contribution in [0.15, 0.2) is 59.7 Å². The second-order valence-corrected chi connectivity index (χ2v) is 5.58. The van der Waals surface area contributed by atoms with Gasteiger partial charge in [-0.2, -0.15) is 0 Å². The van der Waals surface area contributed by atoms with Gasteiger partial charge in [-0.15, -0.1) is 0 Å². The van der Waals surface area contributed by atoms with E-state index in [-0.39, 0.29) is 5.91 Å². The van der Waals surface area contributed by atoms with Crippen LogP contribution in [0.25, 0.3) is 5.82 Å². The Bertz CT molecular complexity index is 805. The zero-order valence-electron chi connectivity index (χ0n) is 13.1. The molecule has 1 saturated heterocycles. The highest BCUT2D eigenvalue weighted by Crippen LogP contribution is 2.17. The summed E-state index contributed by atoms with van der Waals surface area (Å²) in [6, 6.07) is 9.31. The lowest BCUT2D eigenvalue weighted by Gasteiger charge is -2.35. The fourth-order valence-electron chi connectivity index (χ4n) is 2.83. The third-order valence-corrected chi connectivity index (χ3v) is 4.13. The molecule has 0 N–H and O–H groups in total. The fraction of sp³-hybridized carbons (Fsp3) is 0.235. The zero-order chi connectivity index (χ0) is 16.4. The maximum absolute atomic E-state index is 12.3. The van der Waals surface area contributed by atoms with Crippen LogP contribution in [0.1, 0.15) is 10.6 Å². The molecule has 0 radical (unpaired) electrons. The van der Waals surface area contributed by atoms with Crippen molar-refractivity contribution >= 4 is 11.7 Å². The first kappa shape index (κ1) is 14.5. The van der Waals surface area contributed by atoms with E-state index in [1.165, 1.54) is 6.26 Å². The van der Waals surface area contributed by atoms with Gasteiger partial charge in [0.2, 0.25) is 0 Å². The molecule has 1 fully saturated rings. The Labute approximate surface area is 139 Å². The second kappa shape index (κ2) is 6.19. The van der Waals surface area contributed by atoms with Crippen molar-refractivity contribution in [2.75, 3.05) is 31.1 Å². The van der Waals surface area contributed by atoms with Crippen LogP contribution in [0.3, 0.4) is 0 Å². The Kier molecular flexibility index (Phi) is 3.74. The van der Waals surface area contributed by atoms with Crippen LogP contribution >= 0.6 is 0 Å². The molecular weight excluding hydrogens is 306 g/mol. The maximum atomic E-state index is 12.3. The zero-order valence-corrected chi connectivity index (χ0v) is 13.1. The van der Waals surface area contributed by atoms with Gasteiger partial charge in [0.05, 0.1) is 6.26 Å². The van der Waals surface area contributed by atoms with Gasteiger partial charge in [0.15, 0.2) is 5.76 Å². The predicted molar refractivity (Wildman–Crippen MR) is 88.2 cm³/mol. The first-order valence-electron chi connectivity index (χ1n) is 7.84. The molecule has 0 atom stereocenters. The van der Waals surface area contributed by atoms with Crippen molar-refractivity contribution in [3.05, 3.63) is 61.1 Å². The highest BCUT2D eigenvalue weighted by molar-refractivity contribution is 5.91. The molecule has 0 saturated carbocycles. The Morgan fingerprint density at radius 2 is 1.75 bits per heavy atom. The number of hydrogen-bond acceptors (Lipinski definition) is 5. The number of rotatable bonds is 3. The number of piperazine rings is 1. The van der Waals surface area contributed by atoms with Gasteiger partial charge >= 0.3 is 0 Å². The number of furan rings is 1. The smallest absolute Gasteiger partial charge is 0.289 e. The molecule has 0 spiro atoms. The Balaban J connectivity index is 1.44. The Morgan fingerprint density at radius 3 is 2.46 bits per heavy atom. The first-order valence-corrected chi connectivity index (χ1v) is 7.84. The first-order chi connectivity index (χ1) is 11.8. The lowest BCUT2D eigenvalue weighted by atomic mass is 10.3. The van der Waals surface area contributed by atoms with Gasteiger partial charge in [-0.05, 0) is 24.3 Å². The number of anilines is 1. The van der Waals surface area contributed by atoms with Crippen molar-refractivity contribution in [2.45, 2.75) is 0 Å². The van der Waals surface area contributed by atoms with Crippen molar-refractivity contribution < 1.29 is 9.21 Å². The average Bonchev–Trinajstić information content (AvgIpc) is 3.35. The molecule has 1 amide bonds. The average molecular weight is 323 g/mol. The molecule has 4 rings (SSSR count). The van der Waals surface area contributed by atoms with Gasteiger partial charge in [-0.25, -0.2) is 9.97 Å². The maximum Gasteiger partial charge on any atom is 0.289 e. The third-order valence-electron chi connectivity index (χ3n) is 4.13. The summed E-state index contributed by atoms with van der Waals surface area (Å²) < 4.78 is 7.14. The van der Waals surface area contributed by atoms with Crippen LogP contribution < -0.4 is 4.90 Å². The monoisotopic (exact) mass is 323 g/mol. The van der Waals surface area contributed by atoms with Crippen LogP contribution in [-0.4, -0.2) is 51.5 Å². The van der Waals surface area contributed by atoms with E-state index >= 15 is 0 Å². The van der Waals surface area contributed by atoms with Crippen LogP contribution in [0.5, 0.6) is 0 Å². The predicted octanol–water partition coefficient (Wildman–Crippen LogP) is 1.82. The van der Waals surface area contributed by atoms with Gasteiger partial charge in [-0.1, -0.05) is 0 Å². The standard InChI is InChI=1S/C17H17N5O2/c23-17(14-4-3-11-24-14)22-9-7-21(8-10-22)16-12-15(18-13-19-16)20-5-1-2-6-20/h1-6,11-13H,7-10H2. The van der Waals surface area contributed by atoms with E-state index in [0.29, 0.717) is 18.8 Å². The molecule has 1 aliphatic rings. The summed E-state index contributed by atoms with van der Waals surface area (Å²) in [5.41, 5.74) is 0. The number of amides is 1. The number of nitrogens with zero attached hydrogens (tertiary/aromatic N) is 5. The van der Waals surface area contributed by atoms with E-state index in [9.17, 15) is 4.79 Å². The number of aromatic nitrogens is 3. The van der Waals surface area contributed by atoms with Crippen LogP contribution in [0.4, 0.5) is 5.82 Å². The van der Waals surface area contributed by atoms with E-state index in [1.807, 2.05) is 40.1 Å². The van der Waals surface area contributed by atoms with Crippen molar-refractivity contribution in [1.29, 1.82) is 0 Å². The van der Waals surface area contributed by atoms with Gasteiger partial charge < -0.3 is 18.8 Å². The molecule has 24 heavy (non-hydrogen) atoms. The second-order valence-electron chi connectivity index (χ2n) is 5.58. The van der Waals surface area contributed by atoms with Crippen molar-refractivity contribution in [2.24, 2.45) is 0 Å². The fourth-order valence-corrected chi connectivity index (χ4v) is 2.83. The summed E-state index contributed by atoms with van der Waals surface area (Å²) in [5, 5.41) is 0. The van der Waals surface area contributed by atoms with E-state index in [4.69, 9.17) is 4.42 Å². The van der Waals surface area contributed by atoms with E-state index in [1.54, 1.807) is 18.5 Å². The summed E-state index contributed by atoms with van der Waals surface area (Å²) in [5.74, 6) is 2.04. The molecular formula is C17H17N5O2. The van der Waals surface area contributed by atoms with Crippen molar-refractivity contribution in [3.8, 4) is 5.82 Å². The molecule has 3 aromatic rings. The van der Waals surface area contributed by atoms with Gasteiger partial charge in [-0.3, -0.25) is 4.79 Å². The third kappa shape index (κ3) is 2.76. The molecule has 0 aromatic carbocycles. The number of carbonyl (C=O) groups excluding carboxylic acids is 1. The molecule has 0 unspecified atom stereocenters. The molecule has 122 valence electrons. The summed E-state index contributed by atoms with van der Waals surface area (Å²) in [6.45, 7) is 2.74. The van der Waals surface area contributed by atoms with E-state index in [2.05, 4.69) is 14.9 Å². The van der Waals surface area contributed by atoms with Gasteiger partial charge in [0.1, 0.15) is 18.0 Å². The lowest BCUT2D eigenvalue weighted by molar-refractivity contribution is 0.0714. The van der Waals surface area contributed by atoms with Gasteiger partial charge in [0, 0.05) is 44.6 Å². The molecule has 7 heteroatoms. The van der Waals surface area contributed by atoms with Crippen LogP contribution in [-0.2, 0) is 0 Å². The molecule has 0 aliphatic carbocycles. The molecule has 7 nitrogen and oxygen atoms in total. The van der Waals surface area contributed by atoms with Crippen LogP contribution in [0, 0.1) is 0 Å². The largest absolute Gasteiger partial charge is 0.459 e. The Hall–Kier alpha value is -3.09. The topological polar surface area (TPSA) is 67.4 Å².